The Balaban J connectivity index is 2.04. The van der Waals surface area contributed by atoms with E-state index in [1.54, 1.807) is 0 Å². The van der Waals surface area contributed by atoms with Gasteiger partial charge in [-0.1, -0.05) is 30.3 Å². The molecule has 3 nitrogen and oxygen atoms in total. The summed E-state index contributed by atoms with van der Waals surface area (Å²) in [5, 5.41) is 0. The standard InChI is InChI=1S/C15H16O3/c1-11(16)18-14-8-4-5-9-15(14)13-7-3-2-6-12(13)10-17-15/h2-3,5-7,9,14H,4,8,10H2,1H3. The van der Waals surface area contributed by atoms with E-state index in [-0.39, 0.29) is 12.1 Å². The normalized spacial score (nSPS) is 29.3. The molecule has 0 radical (unpaired) electrons. The molecule has 3 heteroatoms. The first-order valence-corrected chi connectivity index (χ1v) is 6.29. The number of hydrogen-bond acceptors (Lipinski definition) is 3. The Morgan fingerprint density at radius 2 is 2.28 bits per heavy atom. The molecule has 1 heterocycles. The van der Waals surface area contributed by atoms with Crippen LogP contribution >= 0.6 is 0 Å². The van der Waals surface area contributed by atoms with Gasteiger partial charge >= 0.3 is 5.97 Å². The molecule has 1 aliphatic heterocycles. The van der Waals surface area contributed by atoms with Crippen molar-refractivity contribution >= 4 is 5.97 Å². The summed E-state index contributed by atoms with van der Waals surface area (Å²) in [7, 11) is 0. The average Bonchev–Trinajstić information content (AvgIpc) is 2.73. The zero-order valence-electron chi connectivity index (χ0n) is 10.4. The van der Waals surface area contributed by atoms with E-state index in [0.717, 1.165) is 18.4 Å². The van der Waals surface area contributed by atoms with Crippen LogP contribution in [0.2, 0.25) is 0 Å². The summed E-state index contributed by atoms with van der Waals surface area (Å²) in [6, 6.07) is 8.14. The van der Waals surface area contributed by atoms with Crippen molar-refractivity contribution in [2.75, 3.05) is 0 Å². The van der Waals surface area contributed by atoms with Gasteiger partial charge in [0.1, 0.15) is 11.7 Å². The maximum atomic E-state index is 11.3. The number of ether oxygens (including phenoxy) is 2. The van der Waals surface area contributed by atoms with E-state index in [1.807, 2.05) is 12.1 Å². The minimum absolute atomic E-state index is 0.219. The Hall–Kier alpha value is -1.61. The van der Waals surface area contributed by atoms with E-state index < -0.39 is 5.60 Å². The SMILES string of the molecule is CC(=O)OC1CCC=CC12OCc1ccccc12. The van der Waals surface area contributed by atoms with Crippen molar-refractivity contribution in [3.05, 3.63) is 47.5 Å². The highest BCUT2D eigenvalue weighted by Gasteiger charge is 2.47. The van der Waals surface area contributed by atoms with Gasteiger partial charge in [-0.25, -0.2) is 0 Å². The fourth-order valence-electron chi connectivity index (χ4n) is 2.88. The number of carbonyl (C=O) groups excluding carboxylic acids is 1. The molecule has 0 N–H and O–H groups in total. The molecular weight excluding hydrogens is 228 g/mol. The van der Waals surface area contributed by atoms with E-state index in [4.69, 9.17) is 9.47 Å². The first-order valence-electron chi connectivity index (χ1n) is 6.29. The van der Waals surface area contributed by atoms with Crippen LogP contribution in [0.25, 0.3) is 0 Å². The fraction of sp³-hybridized carbons (Fsp3) is 0.400. The van der Waals surface area contributed by atoms with Crippen molar-refractivity contribution in [1.82, 2.24) is 0 Å². The van der Waals surface area contributed by atoms with Crippen molar-refractivity contribution in [1.29, 1.82) is 0 Å². The first kappa shape index (κ1) is 11.5. The molecule has 1 aromatic rings. The lowest BCUT2D eigenvalue weighted by molar-refractivity contribution is -0.165. The van der Waals surface area contributed by atoms with Gasteiger partial charge < -0.3 is 9.47 Å². The summed E-state index contributed by atoms with van der Waals surface area (Å²) >= 11 is 0. The zero-order valence-corrected chi connectivity index (χ0v) is 10.4. The maximum absolute atomic E-state index is 11.3. The predicted octanol–water partition coefficient (Wildman–Crippen LogP) is 2.69. The number of rotatable bonds is 1. The Bertz CT molecular complexity index is 506. The topological polar surface area (TPSA) is 35.5 Å². The molecule has 3 rings (SSSR count). The molecule has 0 fully saturated rings. The van der Waals surface area contributed by atoms with E-state index >= 15 is 0 Å². The van der Waals surface area contributed by atoms with Crippen molar-refractivity contribution < 1.29 is 14.3 Å². The number of benzene rings is 1. The van der Waals surface area contributed by atoms with Crippen LogP contribution in [-0.2, 0) is 26.5 Å². The molecule has 2 aliphatic rings. The molecule has 2 unspecified atom stereocenters. The molecule has 2 atom stereocenters. The van der Waals surface area contributed by atoms with Gasteiger partial charge in [-0.3, -0.25) is 4.79 Å². The molecule has 0 bridgehead atoms. The molecule has 0 amide bonds. The monoisotopic (exact) mass is 244 g/mol. The van der Waals surface area contributed by atoms with Gasteiger partial charge in [0.15, 0.2) is 0 Å². The third kappa shape index (κ3) is 1.66. The molecule has 1 aromatic carbocycles. The molecule has 18 heavy (non-hydrogen) atoms. The van der Waals surface area contributed by atoms with Gasteiger partial charge in [-0.05, 0) is 30.0 Å². The number of fused-ring (bicyclic) bond motifs is 2. The van der Waals surface area contributed by atoms with Gasteiger partial charge in [0.2, 0.25) is 0 Å². The summed E-state index contributed by atoms with van der Waals surface area (Å²) in [6.07, 6.45) is 5.68. The lowest BCUT2D eigenvalue weighted by atomic mass is 9.81. The van der Waals surface area contributed by atoms with Gasteiger partial charge in [0.25, 0.3) is 0 Å². The minimum Gasteiger partial charge on any atom is -0.459 e. The van der Waals surface area contributed by atoms with Crippen LogP contribution in [-0.4, -0.2) is 12.1 Å². The van der Waals surface area contributed by atoms with Crippen LogP contribution in [0.1, 0.15) is 30.9 Å². The number of allylic oxidation sites excluding steroid dienone is 1. The third-order valence-corrected chi connectivity index (χ3v) is 3.65. The predicted molar refractivity (Wildman–Crippen MR) is 66.8 cm³/mol. The second kappa shape index (κ2) is 4.25. The molecule has 94 valence electrons. The second-order valence-corrected chi connectivity index (χ2v) is 4.82. The van der Waals surface area contributed by atoms with Crippen LogP contribution in [0.4, 0.5) is 0 Å². The van der Waals surface area contributed by atoms with E-state index in [9.17, 15) is 4.79 Å². The Morgan fingerprint density at radius 3 is 3.11 bits per heavy atom. The smallest absolute Gasteiger partial charge is 0.303 e. The molecule has 1 aliphatic carbocycles. The highest BCUT2D eigenvalue weighted by Crippen LogP contribution is 2.44. The summed E-state index contributed by atoms with van der Waals surface area (Å²) in [6.45, 7) is 2.03. The number of carbonyl (C=O) groups is 1. The quantitative estimate of drug-likeness (QED) is 0.563. The summed E-state index contributed by atoms with van der Waals surface area (Å²) in [5.41, 5.74) is 1.74. The number of esters is 1. The van der Waals surface area contributed by atoms with Crippen LogP contribution in [0.3, 0.4) is 0 Å². The Morgan fingerprint density at radius 1 is 1.44 bits per heavy atom. The highest BCUT2D eigenvalue weighted by atomic mass is 16.6. The summed E-state index contributed by atoms with van der Waals surface area (Å²) in [4.78, 5) is 11.3. The Kier molecular flexibility index (Phi) is 2.71. The van der Waals surface area contributed by atoms with Crippen molar-refractivity contribution in [3.8, 4) is 0 Å². The van der Waals surface area contributed by atoms with Crippen molar-refractivity contribution in [3.63, 3.8) is 0 Å². The lowest BCUT2D eigenvalue weighted by Gasteiger charge is -2.36. The average molecular weight is 244 g/mol. The molecule has 0 saturated heterocycles. The first-order chi connectivity index (χ1) is 8.72. The second-order valence-electron chi connectivity index (χ2n) is 4.82. The van der Waals surface area contributed by atoms with Crippen LogP contribution in [0.15, 0.2) is 36.4 Å². The highest BCUT2D eigenvalue weighted by molar-refractivity contribution is 5.66. The fourth-order valence-corrected chi connectivity index (χ4v) is 2.88. The van der Waals surface area contributed by atoms with Crippen LogP contribution in [0, 0.1) is 0 Å². The van der Waals surface area contributed by atoms with E-state index in [1.165, 1.54) is 12.5 Å². The van der Waals surface area contributed by atoms with Gasteiger partial charge in [0.05, 0.1) is 6.61 Å². The van der Waals surface area contributed by atoms with Gasteiger partial charge in [-0.2, -0.15) is 0 Å². The van der Waals surface area contributed by atoms with Crippen molar-refractivity contribution in [2.24, 2.45) is 0 Å². The van der Waals surface area contributed by atoms with Gasteiger partial charge in [0, 0.05) is 6.92 Å². The zero-order chi connectivity index (χ0) is 12.6. The van der Waals surface area contributed by atoms with Crippen molar-refractivity contribution in [2.45, 2.75) is 38.1 Å². The lowest BCUT2D eigenvalue weighted by Crippen LogP contribution is -2.42. The van der Waals surface area contributed by atoms with Gasteiger partial charge in [-0.15, -0.1) is 0 Å². The molecular formula is C15H16O3. The van der Waals surface area contributed by atoms with Crippen LogP contribution < -0.4 is 0 Å². The minimum atomic E-state index is -0.569. The maximum Gasteiger partial charge on any atom is 0.303 e. The number of hydrogen-bond donors (Lipinski definition) is 0. The van der Waals surface area contributed by atoms with E-state index in [0.29, 0.717) is 6.61 Å². The molecule has 0 saturated carbocycles. The molecule has 0 aromatic heterocycles. The molecule has 1 spiro atoms. The largest absolute Gasteiger partial charge is 0.459 e. The summed E-state index contributed by atoms with van der Waals surface area (Å²) < 4.78 is 11.5. The van der Waals surface area contributed by atoms with Crippen LogP contribution in [0.5, 0.6) is 0 Å². The summed E-state index contributed by atoms with van der Waals surface area (Å²) in [5.74, 6) is -0.248. The van der Waals surface area contributed by atoms with E-state index in [2.05, 4.69) is 24.3 Å². The Labute approximate surface area is 106 Å². The third-order valence-electron chi connectivity index (χ3n) is 3.65.